The van der Waals surface area contributed by atoms with Gasteiger partial charge in [0.1, 0.15) is 11.6 Å². The van der Waals surface area contributed by atoms with E-state index in [0.717, 1.165) is 18.5 Å². The SMILES string of the molecule is CC12CCC(c3cc(C#N)c(=O)[nH]c31)C2(C)C. The smallest absolute Gasteiger partial charge is 0.266 e. The second kappa shape index (κ2) is 2.81. The fourth-order valence-electron chi connectivity index (χ4n) is 3.85. The lowest BCUT2D eigenvalue weighted by Crippen LogP contribution is -2.33. The Kier molecular flexibility index (Phi) is 1.75. The van der Waals surface area contributed by atoms with Crippen LogP contribution in [0.5, 0.6) is 0 Å². The Morgan fingerprint density at radius 1 is 1.47 bits per heavy atom. The molecule has 1 N–H and O–H groups in total. The highest BCUT2D eigenvalue weighted by molar-refractivity contribution is 5.48. The van der Waals surface area contributed by atoms with Gasteiger partial charge < -0.3 is 4.98 Å². The van der Waals surface area contributed by atoms with Crippen LogP contribution in [0.15, 0.2) is 10.9 Å². The second-order valence-corrected chi connectivity index (χ2v) is 6.10. The Hall–Kier alpha value is -1.56. The van der Waals surface area contributed by atoms with E-state index in [2.05, 4.69) is 25.8 Å². The van der Waals surface area contributed by atoms with Crippen molar-refractivity contribution in [2.45, 2.75) is 44.9 Å². The molecule has 2 aliphatic carbocycles. The highest BCUT2D eigenvalue weighted by atomic mass is 16.1. The highest BCUT2D eigenvalue weighted by Crippen LogP contribution is 2.66. The van der Waals surface area contributed by atoms with Crippen molar-refractivity contribution >= 4 is 0 Å². The standard InChI is InChI=1S/C14H16N2O/c1-13(2)10-4-5-14(13,3)11-9(10)6-8(7-15)12(17)16-11/h6,10H,4-5H2,1-3H3,(H,16,17). The van der Waals surface area contributed by atoms with Gasteiger partial charge in [-0.15, -0.1) is 0 Å². The summed E-state index contributed by atoms with van der Waals surface area (Å²) in [5.41, 5.74) is 2.50. The minimum Gasteiger partial charge on any atom is -0.324 e. The summed E-state index contributed by atoms with van der Waals surface area (Å²) in [5, 5.41) is 8.94. The number of rotatable bonds is 0. The van der Waals surface area contributed by atoms with E-state index >= 15 is 0 Å². The average Bonchev–Trinajstić information content (AvgIpc) is 2.59. The first-order valence-corrected chi connectivity index (χ1v) is 6.09. The fourth-order valence-corrected chi connectivity index (χ4v) is 3.85. The van der Waals surface area contributed by atoms with Gasteiger partial charge in [0, 0.05) is 11.1 Å². The monoisotopic (exact) mass is 228 g/mol. The maximum Gasteiger partial charge on any atom is 0.266 e. The number of hydrogen-bond donors (Lipinski definition) is 1. The first-order valence-electron chi connectivity index (χ1n) is 6.09. The van der Waals surface area contributed by atoms with Crippen molar-refractivity contribution in [3.8, 4) is 6.07 Å². The summed E-state index contributed by atoms with van der Waals surface area (Å²) in [5.74, 6) is 0.478. The zero-order chi connectivity index (χ0) is 12.4. The van der Waals surface area contributed by atoms with Gasteiger partial charge in [-0.05, 0) is 35.8 Å². The van der Waals surface area contributed by atoms with E-state index in [0.29, 0.717) is 5.92 Å². The predicted molar refractivity (Wildman–Crippen MR) is 64.9 cm³/mol. The molecule has 0 saturated heterocycles. The fraction of sp³-hybridized carbons (Fsp3) is 0.571. The van der Waals surface area contributed by atoms with Crippen LogP contribution in [-0.2, 0) is 5.41 Å². The van der Waals surface area contributed by atoms with E-state index < -0.39 is 0 Å². The van der Waals surface area contributed by atoms with Gasteiger partial charge in [0.05, 0.1) is 0 Å². The van der Waals surface area contributed by atoms with Crippen molar-refractivity contribution in [3.05, 3.63) is 33.2 Å². The zero-order valence-electron chi connectivity index (χ0n) is 10.4. The molecule has 1 aromatic rings. The van der Waals surface area contributed by atoms with E-state index in [1.54, 1.807) is 0 Å². The molecular weight excluding hydrogens is 212 g/mol. The van der Waals surface area contributed by atoms with Crippen molar-refractivity contribution in [3.63, 3.8) is 0 Å². The molecule has 2 bridgehead atoms. The van der Waals surface area contributed by atoms with Crippen LogP contribution in [0.3, 0.4) is 0 Å². The topological polar surface area (TPSA) is 56.6 Å². The molecule has 88 valence electrons. The van der Waals surface area contributed by atoms with Crippen LogP contribution in [0.25, 0.3) is 0 Å². The van der Waals surface area contributed by atoms with Crippen LogP contribution in [0, 0.1) is 16.7 Å². The Balaban J connectivity index is 2.34. The molecular formula is C14H16N2O. The van der Waals surface area contributed by atoms with Gasteiger partial charge in [-0.1, -0.05) is 20.8 Å². The molecule has 17 heavy (non-hydrogen) atoms. The maximum atomic E-state index is 11.8. The van der Waals surface area contributed by atoms with E-state index in [1.807, 2.05) is 12.1 Å². The molecule has 0 aliphatic heterocycles. The van der Waals surface area contributed by atoms with E-state index in [9.17, 15) is 4.79 Å². The van der Waals surface area contributed by atoms with Crippen LogP contribution in [-0.4, -0.2) is 4.98 Å². The van der Waals surface area contributed by atoms with Gasteiger partial charge in [0.15, 0.2) is 0 Å². The van der Waals surface area contributed by atoms with E-state index in [4.69, 9.17) is 5.26 Å². The van der Waals surface area contributed by atoms with Crippen molar-refractivity contribution in [2.24, 2.45) is 5.41 Å². The van der Waals surface area contributed by atoms with Crippen LogP contribution in [0.1, 0.15) is 56.4 Å². The first-order chi connectivity index (χ1) is 7.91. The van der Waals surface area contributed by atoms with Gasteiger partial charge >= 0.3 is 0 Å². The van der Waals surface area contributed by atoms with Crippen LogP contribution < -0.4 is 5.56 Å². The van der Waals surface area contributed by atoms with Gasteiger partial charge in [-0.3, -0.25) is 4.79 Å². The van der Waals surface area contributed by atoms with Crippen molar-refractivity contribution in [1.29, 1.82) is 5.26 Å². The van der Waals surface area contributed by atoms with Crippen molar-refractivity contribution in [1.82, 2.24) is 4.98 Å². The third-order valence-corrected chi connectivity index (χ3v) is 5.35. The average molecular weight is 228 g/mol. The molecule has 0 spiro atoms. The lowest BCUT2D eigenvalue weighted by atomic mass is 9.70. The summed E-state index contributed by atoms with van der Waals surface area (Å²) >= 11 is 0. The summed E-state index contributed by atoms with van der Waals surface area (Å²) in [4.78, 5) is 14.7. The lowest BCUT2D eigenvalue weighted by Gasteiger charge is -2.34. The highest BCUT2D eigenvalue weighted by Gasteiger charge is 2.60. The van der Waals surface area contributed by atoms with Gasteiger partial charge in [0.2, 0.25) is 0 Å². The summed E-state index contributed by atoms with van der Waals surface area (Å²) in [7, 11) is 0. The zero-order valence-corrected chi connectivity index (χ0v) is 10.4. The normalized spacial score (nSPS) is 32.2. The van der Waals surface area contributed by atoms with Gasteiger partial charge in [-0.25, -0.2) is 0 Å². The first kappa shape index (κ1) is 10.6. The number of nitriles is 1. The maximum absolute atomic E-state index is 11.8. The Bertz CT molecular complexity index is 606. The number of fused-ring (bicyclic) bond motifs is 5. The molecule has 1 aromatic heterocycles. The third-order valence-electron chi connectivity index (χ3n) is 5.35. The van der Waals surface area contributed by atoms with E-state index in [1.165, 1.54) is 5.56 Å². The summed E-state index contributed by atoms with van der Waals surface area (Å²) in [6.45, 7) is 6.78. The molecule has 3 rings (SSSR count). The van der Waals surface area contributed by atoms with Crippen molar-refractivity contribution < 1.29 is 0 Å². The Labute approximate surface area is 100 Å². The van der Waals surface area contributed by atoms with Gasteiger partial charge in [0.25, 0.3) is 5.56 Å². The third kappa shape index (κ3) is 0.993. The number of pyridine rings is 1. The lowest BCUT2D eigenvalue weighted by molar-refractivity contribution is 0.227. The molecule has 3 heteroatoms. The number of hydrogen-bond acceptors (Lipinski definition) is 2. The number of aromatic nitrogens is 1. The molecule has 2 unspecified atom stereocenters. The number of H-pyrrole nitrogens is 1. The molecule has 3 nitrogen and oxygen atoms in total. The Morgan fingerprint density at radius 2 is 2.18 bits per heavy atom. The largest absolute Gasteiger partial charge is 0.324 e. The molecule has 0 aromatic carbocycles. The summed E-state index contributed by atoms with van der Waals surface area (Å²) < 4.78 is 0. The number of nitrogens with one attached hydrogen (secondary N) is 1. The number of aromatic amines is 1. The molecule has 1 saturated carbocycles. The van der Waals surface area contributed by atoms with E-state index in [-0.39, 0.29) is 22.0 Å². The van der Waals surface area contributed by atoms with Crippen molar-refractivity contribution in [2.75, 3.05) is 0 Å². The molecule has 1 fully saturated rings. The quantitative estimate of drug-likeness (QED) is 0.741. The molecule has 1 heterocycles. The molecule has 2 atom stereocenters. The predicted octanol–water partition coefficient (Wildman–Crippen LogP) is 2.42. The van der Waals surface area contributed by atoms with Crippen LogP contribution in [0.4, 0.5) is 0 Å². The Morgan fingerprint density at radius 3 is 2.82 bits per heavy atom. The minimum absolute atomic E-state index is 0.0557. The minimum atomic E-state index is -0.240. The van der Waals surface area contributed by atoms with Crippen LogP contribution >= 0.6 is 0 Å². The van der Waals surface area contributed by atoms with Gasteiger partial charge in [-0.2, -0.15) is 5.26 Å². The van der Waals surface area contributed by atoms with Crippen LogP contribution in [0.2, 0.25) is 0 Å². The number of nitrogens with zero attached hydrogens (tertiary/aromatic N) is 1. The molecule has 0 radical (unpaired) electrons. The summed E-state index contributed by atoms with van der Waals surface area (Å²) in [6.07, 6.45) is 2.28. The summed E-state index contributed by atoms with van der Waals surface area (Å²) in [6, 6.07) is 3.79. The second-order valence-electron chi connectivity index (χ2n) is 6.10. The molecule has 0 amide bonds. The molecule has 2 aliphatic rings.